The number of nitrogens with zero attached hydrogens (tertiary/aromatic N) is 3. The molecule has 1 atom stereocenters. The molecule has 0 aliphatic carbocycles. The Bertz CT molecular complexity index is 1620. The highest BCUT2D eigenvalue weighted by Crippen LogP contribution is 2.36. The lowest BCUT2D eigenvalue weighted by molar-refractivity contribution is -0.122. The smallest absolute Gasteiger partial charge is 0.266 e. The van der Waals surface area contributed by atoms with E-state index < -0.39 is 0 Å². The minimum absolute atomic E-state index is 0.0343. The number of benzene rings is 3. The van der Waals surface area contributed by atoms with E-state index in [0.29, 0.717) is 44.1 Å². The van der Waals surface area contributed by atoms with Crippen LogP contribution in [0.1, 0.15) is 50.7 Å². The van der Waals surface area contributed by atoms with Crippen LogP contribution in [0.3, 0.4) is 0 Å². The van der Waals surface area contributed by atoms with Crippen LogP contribution in [0.4, 0.5) is 0 Å². The Morgan fingerprint density at radius 1 is 1.05 bits per heavy atom. The highest BCUT2D eigenvalue weighted by molar-refractivity contribution is 8.26. The Balaban J connectivity index is 1.41. The first kappa shape index (κ1) is 31.3. The predicted octanol–water partition coefficient (Wildman–Crippen LogP) is 9.84. The van der Waals surface area contributed by atoms with Crippen LogP contribution in [0.25, 0.3) is 23.0 Å². The molecule has 0 bridgehead atoms. The van der Waals surface area contributed by atoms with Crippen molar-refractivity contribution in [2.24, 2.45) is 5.92 Å². The van der Waals surface area contributed by atoms with Crippen LogP contribution in [0, 0.1) is 5.92 Å². The molecule has 5 rings (SSSR count). The van der Waals surface area contributed by atoms with Crippen molar-refractivity contribution in [3.63, 3.8) is 0 Å². The molecule has 0 N–H and O–H groups in total. The third kappa shape index (κ3) is 7.71. The first-order valence-corrected chi connectivity index (χ1v) is 16.4. The van der Waals surface area contributed by atoms with E-state index in [1.165, 1.54) is 11.8 Å². The number of halogens is 2. The van der Waals surface area contributed by atoms with Gasteiger partial charge >= 0.3 is 0 Å². The molecule has 2 heterocycles. The van der Waals surface area contributed by atoms with Crippen LogP contribution >= 0.6 is 47.2 Å². The third-order valence-corrected chi connectivity index (χ3v) is 9.41. The summed E-state index contributed by atoms with van der Waals surface area (Å²) < 4.78 is 8.44. The second kappa shape index (κ2) is 14.6. The van der Waals surface area contributed by atoms with E-state index in [2.05, 4.69) is 13.8 Å². The van der Waals surface area contributed by atoms with Crippen molar-refractivity contribution >= 4 is 63.5 Å². The molecule has 9 heteroatoms. The molecule has 1 saturated heterocycles. The zero-order valence-corrected chi connectivity index (χ0v) is 27.3. The largest absolute Gasteiger partial charge is 0.489 e. The molecule has 5 nitrogen and oxygen atoms in total. The van der Waals surface area contributed by atoms with E-state index >= 15 is 0 Å². The van der Waals surface area contributed by atoms with Crippen LogP contribution in [-0.4, -0.2) is 31.5 Å². The van der Waals surface area contributed by atoms with Crippen LogP contribution in [0.2, 0.25) is 10.0 Å². The van der Waals surface area contributed by atoms with Gasteiger partial charge in [0.25, 0.3) is 5.91 Å². The van der Waals surface area contributed by atoms with Gasteiger partial charge in [-0.05, 0) is 66.9 Å². The van der Waals surface area contributed by atoms with Gasteiger partial charge in [-0.15, -0.1) is 0 Å². The van der Waals surface area contributed by atoms with Crippen molar-refractivity contribution in [2.75, 3.05) is 6.54 Å². The van der Waals surface area contributed by atoms with Crippen molar-refractivity contribution in [3.05, 3.63) is 105 Å². The van der Waals surface area contributed by atoms with Gasteiger partial charge in [0, 0.05) is 39.5 Å². The van der Waals surface area contributed by atoms with Crippen LogP contribution in [0.5, 0.6) is 5.75 Å². The summed E-state index contributed by atoms with van der Waals surface area (Å²) in [5.74, 6) is 1.11. The zero-order chi connectivity index (χ0) is 30.3. The number of hydrogen-bond acceptors (Lipinski definition) is 5. The van der Waals surface area contributed by atoms with Crippen LogP contribution in [-0.2, 0) is 11.4 Å². The maximum atomic E-state index is 13.5. The van der Waals surface area contributed by atoms with Gasteiger partial charge in [-0.3, -0.25) is 9.69 Å². The number of rotatable bonds is 12. The topological polar surface area (TPSA) is 47.4 Å². The number of carbonyl (C=O) groups excluding carboxylic acids is 1. The lowest BCUT2D eigenvalue weighted by Gasteiger charge is -2.21. The van der Waals surface area contributed by atoms with Gasteiger partial charge in [0.2, 0.25) is 0 Å². The summed E-state index contributed by atoms with van der Waals surface area (Å²) in [5, 5.41) is 6.08. The molecule has 1 aliphatic heterocycles. The van der Waals surface area contributed by atoms with Gasteiger partial charge in [-0.25, -0.2) is 4.68 Å². The number of unbranched alkanes of at least 4 members (excludes halogenated alkanes) is 1. The fourth-order valence-corrected chi connectivity index (χ4v) is 6.64. The molecule has 222 valence electrons. The molecule has 1 amide bonds. The lowest BCUT2D eigenvalue weighted by atomic mass is 9.99. The summed E-state index contributed by atoms with van der Waals surface area (Å²) in [6, 6.07) is 23.0. The standard InChI is InChI=1S/C34H33Cl2N3O2S2/c1-3-5-9-23(4-2)20-38-33(40)31(43-34(38)42)18-26-21-39(28-10-7-6-8-11-28)37-32(26)24-13-16-29(17-14-24)41-22-25-12-15-27(35)19-30(25)36/h6-8,10-19,21,23H,3-5,9,20,22H2,1-2H3/b31-18-. The Hall–Kier alpha value is -3.10. The third-order valence-electron chi connectivity index (χ3n) is 7.44. The van der Waals surface area contributed by atoms with E-state index in [1.54, 1.807) is 17.0 Å². The summed E-state index contributed by atoms with van der Waals surface area (Å²) >= 11 is 19.3. The molecule has 3 aromatic carbocycles. The normalized spacial score (nSPS) is 15.0. The summed E-state index contributed by atoms with van der Waals surface area (Å²) in [6.45, 7) is 5.36. The number of aromatic nitrogens is 2. The highest BCUT2D eigenvalue weighted by Gasteiger charge is 2.33. The van der Waals surface area contributed by atoms with E-state index in [4.69, 9.17) is 45.3 Å². The number of thioether (sulfide) groups is 1. The lowest BCUT2D eigenvalue weighted by Crippen LogP contribution is -2.33. The van der Waals surface area contributed by atoms with Crippen molar-refractivity contribution in [1.82, 2.24) is 14.7 Å². The Morgan fingerprint density at radius 3 is 2.51 bits per heavy atom. The maximum absolute atomic E-state index is 13.5. The minimum atomic E-state index is -0.0343. The molecule has 0 saturated carbocycles. The number of para-hydroxylation sites is 1. The predicted molar refractivity (Wildman–Crippen MR) is 183 cm³/mol. The van der Waals surface area contributed by atoms with E-state index in [9.17, 15) is 4.79 Å². The average molecular weight is 651 g/mol. The molecule has 43 heavy (non-hydrogen) atoms. The number of hydrogen-bond donors (Lipinski definition) is 0. The summed E-state index contributed by atoms with van der Waals surface area (Å²) in [7, 11) is 0. The average Bonchev–Trinajstić information content (AvgIpc) is 3.55. The quantitative estimate of drug-likeness (QED) is 0.113. The number of thiocarbonyl (C=S) groups is 1. The van der Waals surface area contributed by atoms with E-state index in [0.717, 1.165) is 53.8 Å². The van der Waals surface area contributed by atoms with Crippen molar-refractivity contribution < 1.29 is 9.53 Å². The molecule has 4 aromatic rings. The fourth-order valence-electron chi connectivity index (χ4n) is 4.91. The highest BCUT2D eigenvalue weighted by atomic mass is 35.5. The Labute approximate surface area is 272 Å². The first-order chi connectivity index (χ1) is 20.9. The van der Waals surface area contributed by atoms with Crippen LogP contribution < -0.4 is 4.74 Å². The second-order valence-electron chi connectivity index (χ2n) is 10.5. The van der Waals surface area contributed by atoms with E-state index in [1.807, 2.05) is 77.6 Å². The molecule has 1 aromatic heterocycles. The number of amides is 1. The second-order valence-corrected chi connectivity index (χ2v) is 13.0. The van der Waals surface area contributed by atoms with Crippen molar-refractivity contribution in [1.29, 1.82) is 0 Å². The molecule has 1 unspecified atom stereocenters. The monoisotopic (exact) mass is 649 g/mol. The first-order valence-electron chi connectivity index (χ1n) is 14.4. The van der Waals surface area contributed by atoms with Gasteiger partial charge in [-0.1, -0.05) is 105 Å². The molecule has 1 aliphatic rings. The summed E-state index contributed by atoms with van der Waals surface area (Å²) in [5.41, 5.74) is 4.28. The SMILES string of the molecule is CCCCC(CC)CN1C(=O)/C(=C/c2cn(-c3ccccc3)nc2-c2ccc(OCc3ccc(Cl)cc3Cl)cc2)SC1=S. The van der Waals surface area contributed by atoms with Crippen LogP contribution in [0.15, 0.2) is 83.9 Å². The molecule has 0 radical (unpaired) electrons. The summed E-state index contributed by atoms with van der Waals surface area (Å²) in [4.78, 5) is 15.9. The van der Waals surface area contributed by atoms with Crippen molar-refractivity contribution in [3.8, 4) is 22.7 Å². The Morgan fingerprint density at radius 2 is 1.81 bits per heavy atom. The molecule has 1 fully saturated rings. The number of carbonyl (C=O) groups is 1. The van der Waals surface area contributed by atoms with Crippen molar-refractivity contribution in [2.45, 2.75) is 46.1 Å². The fraction of sp³-hybridized carbons (Fsp3) is 0.265. The Kier molecular flexibility index (Phi) is 10.6. The van der Waals surface area contributed by atoms with Gasteiger partial charge < -0.3 is 4.74 Å². The van der Waals surface area contributed by atoms with Gasteiger partial charge in [0.15, 0.2) is 0 Å². The molecular formula is C34H33Cl2N3O2S2. The number of ether oxygens (including phenoxy) is 1. The maximum Gasteiger partial charge on any atom is 0.266 e. The summed E-state index contributed by atoms with van der Waals surface area (Å²) in [6.07, 6.45) is 8.30. The van der Waals surface area contributed by atoms with E-state index in [-0.39, 0.29) is 5.91 Å². The molecular weight excluding hydrogens is 617 g/mol. The zero-order valence-electron chi connectivity index (χ0n) is 24.1. The minimum Gasteiger partial charge on any atom is -0.489 e. The van der Waals surface area contributed by atoms with Gasteiger partial charge in [0.05, 0.1) is 16.3 Å². The van der Waals surface area contributed by atoms with Gasteiger partial charge in [0.1, 0.15) is 16.7 Å². The van der Waals surface area contributed by atoms with Gasteiger partial charge in [-0.2, -0.15) is 5.10 Å². The molecule has 0 spiro atoms.